The molecule has 0 unspecified atom stereocenters. The van der Waals surface area contributed by atoms with Gasteiger partial charge in [0.1, 0.15) is 0 Å². The van der Waals surface area contributed by atoms with Gasteiger partial charge in [0.15, 0.2) is 20.3 Å². The molecule has 0 atom stereocenters. The Balaban J connectivity index is 1.81. The second kappa shape index (κ2) is 6.49. The van der Waals surface area contributed by atoms with E-state index in [2.05, 4.69) is 21.2 Å². The van der Waals surface area contributed by atoms with Crippen molar-refractivity contribution in [1.82, 2.24) is 0 Å². The number of amides is 1. The molecule has 2 aromatic rings. The Bertz CT molecular complexity index is 822. The van der Waals surface area contributed by atoms with Crippen molar-refractivity contribution in [1.29, 1.82) is 0 Å². The lowest BCUT2D eigenvalue weighted by Gasteiger charge is -2.12. The quantitative estimate of drug-likeness (QED) is 0.845. The maximum absolute atomic E-state index is 12.6. The summed E-state index contributed by atoms with van der Waals surface area (Å²) in [7, 11) is -3.34. The molecule has 122 valence electrons. The lowest BCUT2D eigenvalue weighted by atomic mass is 10.3. The van der Waals surface area contributed by atoms with Crippen molar-refractivity contribution in [3.05, 3.63) is 46.8 Å². The Morgan fingerprint density at radius 2 is 1.91 bits per heavy atom. The van der Waals surface area contributed by atoms with Gasteiger partial charge in [0.05, 0.1) is 10.1 Å². The average molecular weight is 398 g/mol. The van der Waals surface area contributed by atoms with Gasteiger partial charge in [0.2, 0.25) is 0 Å². The van der Waals surface area contributed by atoms with Crippen LogP contribution in [-0.4, -0.2) is 19.6 Å². The molecule has 1 aromatic heterocycles. The van der Waals surface area contributed by atoms with Crippen LogP contribution in [0.5, 0.6) is 0 Å². The monoisotopic (exact) mass is 397 g/mol. The first-order valence-corrected chi connectivity index (χ1v) is 9.71. The fourth-order valence-electron chi connectivity index (χ4n) is 2.77. The van der Waals surface area contributed by atoms with Crippen LogP contribution in [0.3, 0.4) is 0 Å². The molecule has 1 aromatic carbocycles. The van der Waals surface area contributed by atoms with E-state index in [-0.39, 0.29) is 15.9 Å². The minimum absolute atomic E-state index is 0.154. The van der Waals surface area contributed by atoms with Gasteiger partial charge in [-0.25, -0.2) is 8.42 Å². The van der Waals surface area contributed by atoms with Crippen LogP contribution in [0.4, 0.5) is 5.69 Å². The first-order valence-electron chi connectivity index (χ1n) is 7.37. The predicted octanol–water partition coefficient (Wildman–Crippen LogP) is 4.01. The number of anilines is 1. The van der Waals surface area contributed by atoms with Crippen molar-refractivity contribution in [2.45, 2.75) is 35.8 Å². The number of hydrogen-bond donors (Lipinski definition) is 1. The largest absolute Gasteiger partial charge is 0.444 e. The van der Waals surface area contributed by atoms with Crippen LogP contribution >= 0.6 is 15.9 Å². The highest BCUT2D eigenvalue weighted by molar-refractivity contribution is 9.10. The molecule has 5 nitrogen and oxygen atoms in total. The molecule has 0 saturated heterocycles. The van der Waals surface area contributed by atoms with Crippen molar-refractivity contribution < 1.29 is 17.6 Å². The van der Waals surface area contributed by atoms with Crippen LogP contribution in [0.15, 0.2) is 50.4 Å². The molecule has 1 aliphatic carbocycles. The standard InChI is InChI=1S/C16H16BrNO4S/c17-15-9-8-14(22-15)16(19)18-11-4-3-7-13(10-11)23(20,21)12-5-1-2-6-12/h3-4,7-10,12H,1-2,5-6H2,(H,18,19). The van der Waals surface area contributed by atoms with E-state index in [9.17, 15) is 13.2 Å². The van der Waals surface area contributed by atoms with Gasteiger partial charge >= 0.3 is 0 Å². The van der Waals surface area contributed by atoms with Crippen LogP contribution in [-0.2, 0) is 9.84 Å². The Labute approximate surface area is 143 Å². The maximum atomic E-state index is 12.6. The normalized spacial score (nSPS) is 15.7. The molecule has 1 amide bonds. The van der Waals surface area contributed by atoms with Crippen molar-refractivity contribution in [3.63, 3.8) is 0 Å². The van der Waals surface area contributed by atoms with Gasteiger partial charge < -0.3 is 9.73 Å². The zero-order valence-electron chi connectivity index (χ0n) is 12.3. The maximum Gasteiger partial charge on any atom is 0.291 e. The summed E-state index contributed by atoms with van der Waals surface area (Å²) in [6, 6.07) is 9.53. The number of nitrogens with one attached hydrogen (secondary N) is 1. The molecule has 3 rings (SSSR count). The number of benzene rings is 1. The minimum Gasteiger partial charge on any atom is -0.444 e. The fraction of sp³-hybridized carbons (Fsp3) is 0.312. The van der Waals surface area contributed by atoms with E-state index in [0.29, 0.717) is 23.2 Å². The van der Waals surface area contributed by atoms with Crippen LogP contribution in [0.1, 0.15) is 36.2 Å². The highest BCUT2D eigenvalue weighted by Gasteiger charge is 2.30. The molecule has 0 bridgehead atoms. The molecule has 23 heavy (non-hydrogen) atoms. The molecular formula is C16H16BrNO4S. The Kier molecular flexibility index (Phi) is 4.59. The molecule has 0 aliphatic heterocycles. The number of rotatable bonds is 4. The summed E-state index contributed by atoms with van der Waals surface area (Å²) >= 11 is 3.14. The molecule has 1 heterocycles. The van der Waals surface area contributed by atoms with E-state index in [1.807, 2.05) is 0 Å². The van der Waals surface area contributed by atoms with Crippen LogP contribution in [0.25, 0.3) is 0 Å². The predicted molar refractivity (Wildman–Crippen MR) is 90.2 cm³/mol. The fourth-order valence-corrected chi connectivity index (χ4v) is 4.98. The van der Waals surface area contributed by atoms with E-state index < -0.39 is 15.7 Å². The third kappa shape index (κ3) is 3.50. The van der Waals surface area contributed by atoms with Gasteiger partial charge in [-0.1, -0.05) is 18.9 Å². The van der Waals surface area contributed by atoms with Crippen LogP contribution in [0, 0.1) is 0 Å². The number of carbonyl (C=O) groups excluding carboxylic acids is 1. The number of carbonyl (C=O) groups is 1. The number of sulfone groups is 1. The van der Waals surface area contributed by atoms with Crippen molar-refractivity contribution >= 4 is 37.4 Å². The zero-order chi connectivity index (χ0) is 16.4. The molecule has 0 radical (unpaired) electrons. The summed E-state index contributed by atoms with van der Waals surface area (Å²) in [5.74, 6) is -0.271. The SMILES string of the molecule is O=C(Nc1cccc(S(=O)(=O)C2CCCC2)c1)c1ccc(Br)o1. The van der Waals surface area contributed by atoms with Gasteiger partial charge in [-0.3, -0.25) is 4.79 Å². The van der Waals surface area contributed by atoms with Gasteiger partial charge in [-0.05, 0) is 59.1 Å². The number of furan rings is 1. The summed E-state index contributed by atoms with van der Waals surface area (Å²) in [6.07, 6.45) is 3.32. The Morgan fingerprint density at radius 1 is 1.17 bits per heavy atom. The molecule has 0 spiro atoms. The van der Waals surface area contributed by atoms with Crippen LogP contribution in [0.2, 0.25) is 0 Å². The lowest BCUT2D eigenvalue weighted by Crippen LogP contribution is -2.18. The van der Waals surface area contributed by atoms with Gasteiger partial charge in [-0.15, -0.1) is 0 Å². The highest BCUT2D eigenvalue weighted by Crippen LogP contribution is 2.30. The zero-order valence-corrected chi connectivity index (χ0v) is 14.7. The lowest BCUT2D eigenvalue weighted by molar-refractivity contribution is 0.0995. The number of hydrogen-bond acceptors (Lipinski definition) is 4. The van der Waals surface area contributed by atoms with E-state index in [0.717, 1.165) is 12.8 Å². The average Bonchev–Trinajstić information content (AvgIpc) is 3.19. The molecule has 1 aliphatic rings. The smallest absolute Gasteiger partial charge is 0.291 e. The first-order chi connectivity index (χ1) is 11.0. The van der Waals surface area contributed by atoms with Crippen molar-refractivity contribution in [2.75, 3.05) is 5.32 Å². The second-order valence-electron chi connectivity index (χ2n) is 5.54. The molecule has 1 N–H and O–H groups in total. The summed E-state index contributed by atoms with van der Waals surface area (Å²) in [5.41, 5.74) is 0.432. The van der Waals surface area contributed by atoms with E-state index in [1.54, 1.807) is 30.3 Å². The highest BCUT2D eigenvalue weighted by atomic mass is 79.9. The van der Waals surface area contributed by atoms with Gasteiger partial charge in [0, 0.05) is 5.69 Å². The topological polar surface area (TPSA) is 76.4 Å². The van der Waals surface area contributed by atoms with Gasteiger partial charge in [0.25, 0.3) is 5.91 Å². The van der Waals surface area contributed by atoms with E-state index >= 15 is 0 Å². The minimum atomic E-state index is -3.34. The second-order valence-corrected chi connectivity index (χ2v) is 8.55. The van der Waals surface area contributed by atoms with E-state index in [1.165, 1.54) is 6.07 Å². The molecule has 7 heteroatoms. The summed E-state index contributed by atoms with van der Waals surface area (Å²) < 4.78 is 30.9. The van der Waals surface area contributed by atoms with Crippen molar-refractivity contribution in [2.24, 2.45) is 0 Å². The summed E-state index contributed by atoms with van der Waals surface area (Å²) in [5, 5.41) is 2.35. The van der Waals surface area contributed by atoms with Gasteiger partial charge in [-0.2, -0.15) is 0 Å². The first kappa shape index (κ1) is 16.3. The Hall–Kier alpha value is -1.60. The molecular weight excluding hydrogens is 382 g/mol. The molecule has 1 saturated carbocycles. The third-order valence-electron chi connectivity index (χ3n) is 3.96. The van der Waals surface area contributed by atoms with E-state index in [4.69, 9.17) is 4.42 Å². The number of halogens is 1. The molecule has 1 fully saturated rings. The van der Waals surface area contributed by atoms with Crippen LogP contribution < -0.4 is 5.32 Å². The summed E-state index contributed by atoms with van der Waals surface area (Å²) in [4.78, 5) is 12.3. The third-order valence-corrected chi connectivity index (χ3v) is 6.64. The van der Waals surface area contributed by atoms with Crippen molar-refractivity contribution in [3.8, 4) is 0 Å². The summed E-state index contributed by atoms with van der Waals surface area (Å²) in [6.45, 7) is 0. The Morgan fingerprint density at radius 3 is 2.57 bits per heavy atom.